The van der Waals surface area contributed by atoms with Gasteiger partial charge in [0.25, 0.3) is 5.91 Å². The molecule has 0 radical (unpaired) electrons. The molecule has 0 saturated carbocycles. The second-order valence-corrected chi connectivity index (χ2v) is 24.4. The molecule has 484 valence electrons. The third-order valence-electron chi connectivity index (χ3n) is 16.2. The summed E-state index contributed by atoms with van der Waals surface area (Å²) in [5.74, 6) is -8.54. The van der Waals surface area contributed by atoms with Gasteiger partial charge in [-0.3, -0.25) is 33.6 Å². The summed E-state index contributed by atoms with van der Waals surface area (Å²) in [7, 11) is 5.51. The van der Waals surface area contributed by atoms with Crippen LogP contribution in [0.1, 0.15) is 81.8 Å². The Bertz CT molecular complexity index is 3110. The van der Waals surface area contributed by atoms with Crippen LogP contribution in [0.2, 0.25) is 0 Å². The van der Waals surface area contributed by atoms with Gasteiger partial charge in [0.15, 0.2) is 6.23 Å². The molecule has 3 fully saturated rings. The number of hydrogen-bond donors (Lipinski definition) is 14. The van der Waals surface area contributed by atoms with Crippen LogP contribution < -0.4 is 37.1 Å². The van der Waals surface area contributed by atoms with E-state index in [1.165, 1.54) is 19.1 Å². The van der Waals surface area contributed by atoms with Gasteiger partial charge in [-0.25, -0.2) is 0 Å². The fourth-order valence-corrected chi connectivity index (χ4v) is 10.9. The molecule has 26 heteroatoms. The van der Waals surface area contributed by atoms with E-state index >= 15 is 0 Å². The van der Waals surface area contributed by atoms with Gasteiger partial charge in [0.2, 0.25) is 35.4 Å². The number of aliphatic hydroxyl groups is 7. The number of quaternary nitrogens is 1. The van der Waals surface area contributed by atoms with Crippen LogP contribution in [0, 0.1) is 5.92 Å². The molecule has 26 nitrogen and oxygen atoms in total. The van der Waals surface area contributed by atoms with E-state index in [1.807, 2.05) is 69.7 Å². The van der Waals surface area contributed by atoms with Crippen molar-refractivity contribution in [3.05, 3.63) is 102 Å². The highest BCUT2D eigenvalue weighted by molar-refractivity contribution is 6.00. The van der Waals surface area contributed by atoms with Crippen molar-refractivity contribution in [1.29, 1.82) is 0 Å². The number of carbonyl (C=O) groups excluding carboxylic acids is 7. The van der Waals surface area contributed by atoms with Crippen LogP contribution in [0.4, 0.5) is 5.69 Å². The third kappa shape index (κ3) is 17.3. The standard InChI is InChI=1S/C63H85N9O17/c1-8-9-10-26-88-43-22-19-39(20-23-43)37-13-11-36(12-14-37)38-15-17-40(18-16-38)56(81)65-45-30-48(77)61(89-27-25-72(5,6)7)69-60(85)52-53(78)33(2)31-71(52)63(87)50(35(4)74)67-59(84)51(55(80)54(79)41-21-24-47(76)44(64)28-41)68-58(83)46-29-42(75)32-70(46)62(86)49(34(3)73)66-57(45)82/h11-24,28,33-35,42,45-46,48-55,61,73-75,77-80H,8-10,25-27,29-32,64H2,1-7H3,(H5-,65,66,67,68,69,76,81,82,83,84,85)/p+1/t33-,34+,35+,42+,45-,46-,48+,49-,50-,51-,52-,53-,54-,55-,61+/m0/s1. The van der Waals surface area contributed by atoms with Crippen molar-refractivity contribution in [1.82, 2.24) is 36.4 Å². The highest BCUT2D eigenvalue weighted by atomic mass is 16.5. The number of ether oxygens (including phenoxy) is 2. The fourth-order valence-electron chi connectivity index (χ4n) is 10.9. The maximum atomic E-state index is 14.8. The number of unbranched alkanes of at least 4 members (excludes halogenated alkanes) is 2. The number of likely N-dealkylation sites (N-methyl/N-ethyl adjacent to an activating group) is 1. The van der Waals surface area contributed by atoms with E-state index in [2.05, 4.69) is 33.5 Å². The number of amides is 7. The molecule has 4 aromatic carbocycles. The number of fused-ring (bicyclic) bond motifs is 2. The van der Waals surface area contributed by atoms with E-state index in [4.69, 9.17) is 15.2 Å². The van der Waals surface area contributed by atoms with Gasteiger partial charge >= 0.3 is 0 Å². The van der Waals surface area contributed by atoms with Crippen molar-refractivity contribution in [2.45, 2.75) is 145 Å². The van der Waals surface area contributed by atoms with Gasteiger partial charge < -0.3 is 96.9 Å². The summed E-state index contributed by atoms with van der Waals surface area (Å²) in [5.41, 5.74) is 8.96. The Balaban J connectivity index is 1.24. The Kier molecular flexibility index (Phi) is 23.3. The van der Waals surface area contributed by atoms with Gasteiger partial charge in [-0.15, -0.1) is 0 Å². The summed E-state index contributed by atoms with van der Waals surface area (Å²) in [6.07, 6.45) is -12.9. The molecule has 15 atom stereocenters. The van der Waals surface area contributed by atoms with Crippen molar-refractivity contribution in [3.63, 3.8) is 0 Å². The van der Waals surface area contributed by atoms with Gasteiger partial charge in [0, 0.05) is 37.4 Å². The van der Waals surface area contributed by atoms with Crippen LogP contribution in [-0.2, 0) is 33.5 Å². The van der Waals surface area contributed by atoms with E-state index in [1.54, 1.807) is 12.1 Å². The largest absolute Gasteiger partial charge is 0.506 e. The Labute approximate surface area is 516 Å². The summed E-state index contributed by atoms with van der Waals surface area (Å²) in [6, 6.07) is 13.7. The summed E-state index contributed by atoms with van der Waals surface area (Å²) < 4.78 is 12.3. The third-order valence-corrected chi connectivity index (χ3v) is 16.2. The van der Waals surface area contributed by atoms with Crippen LogP contribution in [-0.4, -0.2) is 230 Å². The summed E-state index contributed by atoms with van der Waals surface area (Å²) in [6.45, 7) is 5.73. The molecule has 3 heterocycles. The second kappa shape index (κ2) is 30.1. The molecule has 7 rings (SSSR count). The van der Waals surface area contributed by atoms with Gasteiger partial charge in [-0.2, -0.15) is 0 Å². The number of anilines is 1. The number of benzene rings is 4. The first-order valence-corrected chi connectivity index (χ1v) is 29.9. The molecule has 0 aromatic heterocycles. The molecule has 89 heavy (non-hydrogen) atoms. The molecular weight excluding hydrogens is 1150 g/mol. The van der Waals surface area contributed by atoms with E-state index in [0.717, 1.165) is 89.1 Å². The predicted molar refractivity (Wildman–Crippen MR) is 324 cm³/mol. The lowest BCUT2D eigenvalue weighted by atomic mass is 9.96. The quantitative estimate of drug-likeness (QED) is 0.0256. The second-order valence-electron chi connectivity index (χ2n) is 24.4. The normalized spacial score (nSPS) is 26.5. The zero-order chi connectivity index (χ0) is 65.2. The average molecular weight is 1240 g/mol. The number of phenols is 1. The lowest BCUT2D eigenvalue weighted by Crippen LogP contribution is -2.64. The number of nitrogens with two attached hydrogens (primary N) is 1. The minimum absolute atomic E-state index is 0.0415. The molecular formula is C63H86N9O17+. The van der Waals surface area contributed by atoms with Crippen molar-refractivity contribution in [3.8, 4) is 33.8 Å². The summed E-state index contributed by atoms with van der Waals surface area (Å²) >= 11 is 0. The molecule has 15 N–H and O–H groups in total. The lowest BCUT2D eigenvalue weighted by molar-refractivity contribution is -0.870. The van der Waals surface area contributed by atoms with Crippen molar-refractivity contribution in [2.24, 2.45) is 5.92 Å². The molecule has 0 bridgehead atoms. The Morgan fingerprint density at radius 2 is 1.24 bits per heavy atom. The maximum Gasteiger partial charge on any atom is 0.251 e. The first-order valence-electron chi connectivity index (χ1n) is 29.9. The van der Waals surface area contributed by atoms with E-state index < -0.39 is 158 Å². The van der Waals surface area contributed by atoms with E-state index in [0.29, 0.717) is 11.1 Å². The molecule has 3 saturated heterocycles. The van der Waals surface area contributed by atoms with Crippen LogP contribution in [0.25, 0.3) is 22.3 Å². The predicted octanol–water partition coefficient (Wildman–Crippen LogP) is -0.614. The highest BCUT2D eigenvalue weighted by Gasteiger charge is 2.50. The van der Waals surface area contributed by atoms with Crippen molar-refractivity contribution in [2.75, 3.05) is 59.7 Å². The van der Waals surface area contributed by atoms with Gasteiger partial charge in [0.05, 0.1) is 64.5 Å². The fraction of sp³-hybridized carbons (Fsp3) is 0.508. The van der Waals surface area contributed by atoms with Gasteiger partial charge in [0.1, 0.15) is 72.6 Å². The van der Waals surface area contributed by atoms with Crippen LogP contribution in [0.3, 0.4) is 0 Å². The number of nitrogens with one attached hydrogen (secondary N) is 5. The number of phenolic OH excluding ortho intramolecular Hbond substituents is 1. The van der Waals surface area contributed by atoms with Gasteiger partial charge in [-0.05, 0) is 84.5 Å². The molecule has 0 unspecified atom stereocenters. The number of aliphatic hydroxyl groups excluding tert-OH is 7. The number of nitrogens with zero attached hydrogens (tertiary/aromatic N) is 3. The SMILES string of the molecule is CCCCCOc1ccc(-c2ccc(-c3ccc(C(=O)N[C@H]4C[C@@H](O)[C@@H](OCC[N+](C)(C)C)NC(=O)[C@@H]5[C@@H](O)[C@@H](C)CN5C(=O)[C@H]([C@@H](C)O)NC(=O)[C@H]([C@H](O)[C@@H](O)c5ccc(O)c(N)c5)NC(=O)[C@@H]5C[C@@H](O)CN5C(=O)[C@H]([C@@H](C)O)NC4=O)cc3)cc2)cc1. The zero-order valence-corrected chi connectivity index (χ0v) is 51.1. The number of aromatic hydroxyl groups is 1. The van der Waals surface area contributed by atoms with Crippen molar-refractivity contribution >= 4 is 47.0 Å². The minimum Gasteiger partial charge on any atom is -0.506 e. The molecule has 3 aliphatic heterocycles. The molecule has 4 aromatic rings. The molecule has 3 aliphatic rings. The van der Waals surface area contributed by atoms with Gasteiger partial charge in [-0.1, -0.05) is 81.3 Å². The minimum atomic E-state index is -2.35. The highest BCUT2D eigenvalue weighted by Crippen LogP contribution is 2.31. The first kappa shape index (κ1) is 68.7. The topological polar surface area (TPSA) is 392 Å². The summed E-state index contributed by atoms with van der Waals surface area (Å²) in [5, 5.41) is 103. The number of carbonyl (C=O) groups is 7. The molecule has 0 spiro atoms. The summed E-state index contributed by atoms with van der Waals surface area (Å²) in [4.78, 5) is 104. The lowest BCUT2D eigenvalue weighted by Gasteiger charge is -2.34. The zero-order valence-electron chi connectivity index (χ0n) is 51.1. The van der Waals surface area contributed by atoms with Crippen molar-refractivity contribution < 1.29 is 88.4 Å². The number of hydrogen-bond acceptors (Lipinski definition) is 18. The van der Waals surface area contributed by atoms with Crippen LogP contribution in [0.15, 0.2) is 91.0 Å². The Morgan fingerprint density at radius 3 is 1.80 bits per heavy atom. The average Bonchev–Trinajstić information content (AvgIpc) is 3.88. The monoisotopic (exact) mass is 1240 g/mol. The van der Waals surface area contributed by atoms with Crippen LogP contribution in [0.5, 0.6) is 11.5 Å². The van der Waals surface area contributed by atoms with Crippen LogP contribution >= 0.6 is 0 Å². The first-order chi connectivity index (χ1) is 42.1. The number of rotatable bonds is 18. The Hall–Kier alpha value is -7.79. The smallest absolute Gasteiger partial charge is 0.251 e. The number of nitrogen functional groups attached to an aromatic ring is 1. The molecule has 7 amide bonds. The Morgan fingerprint density at radius 1 is 0.685 bits per heavy atom. The van der Waals surface area contributed by atoms with E-state index in [9.17, 15) is 74.4 Å². The maximum absolute atomic E-state index is 14.8. The molecule has 0 aliphatic carbocycles. The van der Waals surface area contributed by atoms with E-state index in [-0.39, 0.29) is 36.5 Å².